The average molecular weight is 246 g/mol. The Hall–Kier alpha value is -1.84. The van der Waals surface area contributed by atoms with E-state index in [9.17, 15) is 9.59 Å². The van der Waals surface area contributed by atoms with Crippen molar-refractivity contribution in [1.29, 1.82) is 0 Å². The van der Waals surface area contributed by atoms with Gasteiger partial charge in [-0.25, -0.2) is 4.79 Å². The molecule has 0 bridgehead atoms. The lowest BCUT2D eigenvalue weighted by Gasteiger charge is -2.31. The zero-order valence-corrected chi connectivity index (χ0v) is 11.2. The molecule has 1 heterocycles. The van der Waals surface area contributed by atoms with Gasteiger partial charge in [0.05, 0.1) is 0 Å². The van der Waals surface area contributed by atoms with E-state index in [0.717, 1.165) is 11.1 Å². The molecule has 0 radical (unpaired) electrons. The molecular formula is C14H18N2O2. The van der Waals surface area contributed by atoms with Crippen molar-refractivity contribution in [2.75, 3.05) is 13.6 Å². The van der Waals surface area contributed by atoms with Crippen molar-refractivity contribution in [2.45, 2.75) is 26.3 Å². The molecule has 18 heavy (non-hydrogen) atoms. The highest BCUT2D eigenvalue weighted by atomic mass is 16.2. The van der Waals surface area contributed by atoms with Crippen molar-refractivity contribution in [3.8, 4) is 0 Å². The lowest BCUT2D eigenvalue weighted by Crippen LogP contribution is -2.44. The Bertz CT molecular complexity index is 495. The molecule has 96 valence electrons. The van der Waals surface area contributed by atoms with E-state index >= 15 is 0 Å². The third-order valence-corrected chi connectivity index (χ3v) is 3.71. The number of rotatable bonds is 2. The molecule has 2 rings (SSSR count). The number of likely N-dealkylation sites (N-methyl/N-ethyl adjacent to an activating group) is 2. The van der Waals surface area contributed by atoms with Gasteiger partial charge in [0, 0.05) is 13.6 Å². The van der Waals surface area contributed by atoms with Gasteiger partial charge in [0.2, 0.25) is 0 Å². The largest absolute Gasteiger partial charge is 0.327 e. The number of benzene rings is 1. The van der Waals surface area contributed by atoms with E-state index in [1.807, 2.05) is 45.0 Å². The van der Waals surface area contributed by atoms with E-state index in [0.29, 0.717) is 6.54 Å². The van der Waals surface area contributed by atoms with Gasteiger partial charge in [-0.3, -0.25) is 9.69 Å². The molecule has 0 N–H and O–H groups in total. The molecule has 3 amide bonds. The van der Waals surface area contributed by atoms with E-state index < -0.39 is 5.54 Å². The number of carbonyl (C=O) groups excluding carboxylic acids is 2. The fourth-order valence-corrected chi connectivity index (χ4v) is 2.51. The maximum absolute atomic E-state index is 12.4. The third-order valence-electron chi connectivity index (χ3n) is 3.71. The molecule has 0 aromatic heterocycles. The van der Waals surface area contributed by atoms with Gasteiger partial charge in [0.15, 0.2) is 0 Å². The van der Waals surface area contributed by atoms with Gasteiger partial charge in [-0.05, 0) is 26.3 Å². The Morgan fingerprint density at radius 1 is 1.17 bits per heavy atom. The SMILES string of the molecule is CCN1C(=O)N(C)C(=O)[C@@]1(C)c1ccc(C)cc1. The van der Waals surface area contributed by atoms with Gasteiger partial charge >= 0.3 is 6.03 Å². The number of aryl methyl sites for hydroxylation is 1. The lowest BCUT2D eigenvalue weighted by atomic mass is 9.90. The Kier molecular flexibility index (Phi) is 2.89. The van der Waals surface area contributed by atoms with Crippen molar-refractivity contribution >= 4 is 11.9 Å². The summed E-state index contributed by atoms with van der Waals surface area (Å²) < 4.78 is 0. The van der Waals surface area contributed by atoms with Crippen LogP contribution < -0.4 is 0 Å². The molecule has 0 saturated carbocycles. The fourth-order valence-electron chi connectivity index (χ4n) is 2.51. The zero-order chi connectivity index (χ0) is 13.5. The number of nitrogens with zero attached hydrogens (tertiary/aromatic N) is 2. The monoisotopic (exact) mass is 246 g/mol. The van der Waals surface area contributed by atoms with Crippen LogP contribution in [0.3, 0.4) is 0 Å². The quantitative estimate of drug-likeness (QED) is 0.750. The van der Waals surface area contributed by atoms with E-state index in [-0.39, 0.29) is 11.9 Å². The molecule has 1 saturated heterocycles. The van der Waals surface area contributed by atoms with Crippen LogP contribution in [0.5, 0.6) is 0 Å². The van der Waals surface area contributed by atoms with Crippen LogP contribution in [-0.2, 0) is 10.3 Å². The van der Waals surface area contributed by atoms with E-state index in [1.54, 1.807) is 4.90 Å². The Morgan fingerprint density at radius 3 is 2.22 bits per heavy atom. The first-order valence-electron chi connectivity index (χ1n) is 6.09. The van der Waals surface area contributed by atoms with Gasteiger partial charge in [0.1, 0.15) is 5.54 Å². The standard InChI is InChI=1S/C14H18N2O2/c1-5-16-13(18)15(4)12(17)14(16,3)11-8-6-10(2)7-9-11/h6-9H,5H2,1-4H3/t14-/m1/s1. The predicted molar refractivity (Wildman–Crippen MR) is 69.1 cm³/mol. The second-order valence-corrected chi connectivity index (χ2v) is 4.83. The highest BCUT2D eigenvalue weighted by Crippen LogP contribution is 2.36. The molecule has 1 aromatic rings. The van der Waals surface area contributed by atoms with Crippen LogP contribution in [0.4, 0.5) is 4.79 Å². The molecular weight excluding hydrogens is 228 g/mol. The fraction of sp³-hybridized carbons (Fsp3) is 0.429. The van der Waals surface area contributed by atoms with Crippen molar-refractivity contribution in [2.24, 2.45) is 0 Å². The summed E-state index contributed by atoms with van der Waals surface area (Å²) in [5, 5.41) is 0. The van der Waals surface area contributed by atoms with Crippen LogP contribution >= 0.6 is 0 Å². The topological polar surface area (TPSA) is 40.6 Å². The molecule has 0 spiro atoms. The first-order valence-corrected chi connectivity index (χ1v) is 6.09. The molecule has 0 aliphatic carbocycles. The smallest absolute Gasteiger partial charge is 0.306 e. The van der Waals surface area contributed by atoms with Crippen molar-refractivity contribution in [1.82, 2.24) is 9.80 Å². The minimum atomic E-state index is -0.881. The van der Waals surface area contributed by atoms with Gasteiger partial charge in [-0.2, -0.15) is 0 Å². The van der Waals surface area contributed by atoms with E-state index in [2.05, 4.69) is 0 Å². The summed E-state index contributed by atoms with van der Waals surface area (Å²) in [5.41, 5.74) is 1.11. The van der Waals surface area contributed by atoms with E-state index in [4.69, 9.17) is 0 Å². The Labute approximate surface area is 107 Å². The predicted octanol–water partition coefficient (Wildman–Crippen LogP) is 2.12. The number of hydrogen-bond donors (Lipinski definition) is 0. The third kappa shape index (κ3) is 1.52. The molecule has 1 fully saturated rings. The summed E-state index contributed by atoms with van der Waals surface area (Å²) in [6.45, 7) is 6.21. The average Bonchev–Trinajstić information content (AvgIpc) is 2.53. The molecule has 0 unspecified atom stereocenters. The molecule has 1 aromatic carbocycles. The van der Waals surface area contributed by atoms with Crippen LogP contribution in [0.15, 0.2) is 24.3 Å². The van der Waals surface area contributed by atoms with Crippen molar-refractivity contribution in [3.63, 3.8) is 0 Å². The maximum atomic E-state index is 12.4. The van der Waals surface area contributed by atoms with Gasteiger partial charge in [-0.15, -0.1) is 0 Å². The summed E-state index contributed by atoms with van der Waals surface area (Å²) in [6, 6.07) is 7.53. The number of urea groups is 1. The summed E-state index contributed by atoms with van der Waals surface area (Å²) in [5.74, 6) is -0.168. The summed E-state index contributed by atoms with van der Waals surface area (Å²) >= 11 is 0. The maximum Gasteiger partial charge on any atom is 0.327 e. The number of hydrogen-bond acceptors (Lipinski definition) is 2. The second-order valence-electron chi connectivity index (χ2n) is 4.83. The van der Waals surface area contributed by atoms with Crippen LogP contribution in [0, 0.1) is 6.92 Å². The Balaban J connectivity index is 2.54. The minimum absolute atomic E-state index is 0.168. The first-order chi connectivity index (χ1) is 8.42. The summed E-state index contributed by atoms with van der Waals surface area (Å²) in [4.78, 5) is 27.2. The van der Waals surface area contributed by atoms with Crippen LogP contribution in [0.25, 0.3) is 0 Å². The Morgan fingerprint density at radius 2 is 1.72 bits per heavy atom. The first kappa shape index (κ1) is 12.6. The van der Waals surface area contributed by atoms with Crippen LogP contribution in [-0.4, -0.2) is 35.3 Å². The van der Waals surface area contributed by atoms with Crippen molar-refractivity contribution < 1.29 is 9.59 Å². The second kappa shape index (κ2) is 4.12. The zero-order valence-electron chi connectivity index (χ0n) is 11.2. The number of imide groups is 1. The van der Waals surface area contributed by atoms with Gasteiger partial charge in [-0.1, -0.05) is 29.8 Å². The summed E-state index contributed by atoms with van der Waals surface area (Å²) in [7, 11) is 1.53. The number of carbonyl (C=O) groups is 2. The highest BCUT2D eigenvalue weighted by molar-refractivity contribution is 6.06. The van der Waals surface area contributed by atoms with E-state index in [1.165, 1.54) is 11.9 Å². The normalized spacial score (nSPS) is 24.0. The molecule has 1 aliphatic heterocycles. The highest BCUT2D eigenvalue weighted by Gasteiger charge is 2.53. The minimum Gasteiger partial charge on any atom is -0.306 e. The lowest BCUT2D eigenvalue weighted by molar-refractivity contribution is -0.132. The van der Waals surface area contributed by atoms with Gasteiger partial charge in [0.25, 0.3) is 5.91 Å². The van der Waals surface area contributed by atoms with Crippen LogP contribution in [0.1, 0.15) is 25.0 Å². The molecule has 1 atom stereocenters. The number of amides is 3. The molecule has 4 nitrogen and oxygen atoms in total. The van der Waals surface area contributed by atoms with Crippen LogP contribution in [0.2, 0.25) is 0 Å². The van der Waals surface area contributed by atoms with Gasteiger partial charge < -0.3 is 4.90 Å². The van der Waals surface area contributed by atoms with Crippen molar-refractivity contribution in [3.05, 3.63) is 35.4 Å². The molecule has 1 aliphatic rings. The summed E-state index contributed by atoms with van der Waals surface area (Å²) in [6.07, 6.45) is 0. The molecule has 4 heteroatoms.